The number of carbonyl (C=O) groups is 6. The maximum absolute atomic E-state index is 12.6. The molecule has 0 spiro atoms. The van der Waals surface area contributed by atoms with Gasteiger partial charge in [-0.1, -0.05) is 0 Å². The van der Waals surface area contributed by atoms with Crippen molar-refractivity contribution in [2.75, 3.05) is 12.3 Å². The van der Waals surface area contributed by atoms with Crippen LogP contribution in [0.4, 0.5) is 0 Å². The van der Waals surface area contributed by atoms with Crippen molar-refractivity contribution in [3.05, 3.63) is 0 Å². The minimum atomic E-state index is -1.59. The average Bonchev–Trinajstić information content (AvgIpc) is 2.69. The van der Waals surface area contributed by atoms with Crippen LogP contribution >= 0.6 is 12.6 Å². The van der Waals surface area contributed by atoms with Crippen LogP contribution in [0.1, 0.15) is 32.1 Å². The molecule has 0 aromatic rings. The molecule has 15 heteroatoms. The van der Waals surface area contributed by atoms with Gasteiger partial charge in [-0.05, 0) is 25.8 Å². The topological polar surface area (TPSA) is 257 Å². The summed E-state index contributed by atoms with van der Waals surface area (Å²) in [6.45, 7) is 0.318. The Balaban J connectivity index is 5.30. The lowest BCUT2D eigenvalue weighted by atomic mass is 10.1. The van der Waals surface area contributed by atoms with Crippen molar-refractivity contribution in [2.24, 2.45) is 17.2 Å². The molecule has 182 valence electrons. The lowest BCUT2D eigenvalue weighted by Gasteiger charge is -2.24. The average molecular weight is 479 g/mol. The Morgan fingerprint density at radius 1 is 0.812 bits per heavy atom. The first-order chi connectivity index (χ1) is 14.9. The Morgan fingerprint density at radius 2 is 1.34 bits per heavy atom. The van der Waals surface area contributed by atoms with Crippen LogP contribution in [0.2, 0.25) is 0 Å². The number of unbranched alkanes of at least 4 members (excludes halogenated alkanes) is 1. The van der Waals surface area contributed by atoms with Crippen LogP contribution < -0.4 is 33.2 Å². The van der Waals surface area contributed by atoms with E-state index in [0.29, 0.717) is 19.4 Å². The fourth-order valence-corrected chi connectivity index (χ4v) is 2.72. The normalized spacial score (nSPS) is 14.3. The maximum atomic E-state index is 12.6. The summed E-state index contributed by atoms with van der Waals surface area (Å²) in [5.41, 5.74) is 15.9. The number of rotatable bonds is 16. The van der Waals surface area contributed by atoms with Gasteiger partial charge in [0.15, 0.2) is 0 Å². The molecule has 0 aliphatic rings. The zero-order valence-corrected chi connectivity index (χ0v) is 18.2. The second-order valence-corrected chi connectivity index (χ2v) is 7.23. The summed E-state index contributed by atoms with van der Waals surface area (Å²) in [5.74, 6) is -6.55. The van der Waals surface area contributed by atoms with E-state index < -0.39 is 72.6 Å². The molecule has 0 radical (unpaired) electrons. The highest BCUT2D eigenvalue weighted by molar-refractivity contribution is 7.80. The number of carboxylic acids is 2. The number of hydrogen-bond acceptors (Lipinski definition) is 9. The highest BCUT2D eigenvalue weighted by Crippen LogP contribution is 2.04. The van der Waals surface area contributed by atoms with Crippen molar-refractivity contribution in [3.63, 3.8) is 0 Å². The smallest absolute Gasteiger partial charge is 0.326 e. The van der Waals surface area contributed by atoms with Crippen molar-refractivity contribution < 1.29 is 39.0 Å². The third kappa shape index (κ3) is 11.5. The lowest BCUT2D eigenvalue weighted by Crippen LogP contribution is -2.58. The quantitative estimate of drug-likeness (QED) is 0.0773. The van der Waals surface area contributed by atoms with Crippen LogP contribution in [0.15, 0.2) is 0 Å². The number of nitrogens with one attached hydrogen (secondary N) is 3. The second-order valence-electron chi connectivity index (χ2n) is 6.86. The lowest BCUT2D eigenvalue weighted by molar-refractivity contribution is -0.143. The number of carboxylic acid groups (broad SMARTS) is 2. The molecular formula is C17H30N6O8S. The van der Waals surface area contributed by atoms with E-state index in [0.717, 1.165) is 0 Å². The van der Waals surface area contributed by atoms with Gasteiger partial charge in [0.05, 0.1) is 18.9 Å². The highest BCUT2D eigenvalue weighted by Gasteiger charge is 2.30. The van der Waals surface area contributed by atoms with Crippen molar-refractivity contribution in [3.8, 4) is 0 Å². The van der Waals surface area contributed by atoms with Crippen molar-refractivity contribution in [1.82, 2.24) is 16.0 Å². The van der Waals surface area contributed by atoms with E-state index >= 15 is 0 Å². The van der Waals surface area contributed by atoms with E-state index in [4.69, 9.17) is 27.4 Å². The fraction of sp³-hybridized carbons (Fsp3) is 0.647. The van der Waals surface area contributed by atoms with E-state index in [1.807, 2.05) is 0 Å². The first-order valence-corrected chi connectivity index (χ1v) is 10.3. The van der Waals surface area contributed by atoms with Crippen LogP contribution in [0.5, 0.6) is 0 Å². The first-order valence-electron chi connectivity index (χ1n) is 9.63. The number of thiol groups is 1. The van der Waals surface area contributed by atoms with Gasteiger partial charge in [0.2, 0.25) is 23.6 Å². The molecule has 0 saturated heterocycles. The summed E-state index contributed by atoms with van der Waals surface area (Å²) in [4.78, 5) is 70.1. The van der Waals surface area contributed by atoms with Gasteiger partial charge in [0.25, 0.3) is 0 Å². The Labute approximate surface area is 189 Å². The van der Waals surface area contributed by atoms with Crippen LogP contribution in [0.3, 0.4) is 0 Å². The maximum Gasteiger partial charge on any atom is 0.326 e. The molecule has 32 heavy (non-hydrogen) atoms. The monoisotopic (exact) mass is 478 g/mol. The zero-order valence-electron chi connectivity index (χ0n) is 17.3. The molecule has 0 aliphatic carbocycles. The van der Waals surface area contributed by atoms with E-state index in [1.54, 1.807) is 0 Å². The number of primary amides is 1. The van der Waals surface area contributed by atoms with E-state index in [-0.39, 0.29) is 12.2 Å². The SMILES string of the molecule is NCCCCC(NC(=O)C(CS)NC(=O)C(N)CC(=O)O)C(=O)NC(CC(N)=O)C(=O)O. The molecule has 4 unspecified atom stereocenters. The van der Waals surface area contributed by atoms with Crippen LogP contribution in [-0.4, -0.2) is 82.2 Å². The van der Waals surface area contributed by atoms with E-state index in [1.165, 1.54) is 0 Å². The predicted octanol–water partition coefficient (Wildman–Crippen LogP) is -3.74. The van der Waals surface area contributed by atoms with E-state index in [9.17, 15) is 28.8 Å². The van der Waals surface area contributed by atoms with Crippen LogP contribution in [-0.2, 0) is 28.8 Å². The molecule has 4 atom stereocenters. The predicted molar refractivity (Wildman–Crippen MR) is 114 cm³/mol. The van der Waals surface area contributed by atoms with Gasteiger partial charge in [-0.15, -0.1) is 0 Å². The Bertz CT molecular complexity index is 707. The van der Waals surface area contributed by atoms with E-state index in [2.05, 4.69) is 28.6 Å². The molecule has 0 aromatic carbocycles. The molecule has 0 fully saturated rings. The standard InChI is InChI=1S/C17H30N6O8S/c18-4-2-1-3-9(15(28)22-10(17(30)31)6-12(20)24)21-16(29)11(7-32)23-14(27)8(19)5-13(25)26/h8-11,32H,1-7,18-19H2,(H2,20,24)(H,21,29)(H,22,28)(H,23,27)(H,25,26)(H,30,31). The van der Waals surface area contributed by atoms with Crippen molar-refractivity contribution in [1.29, 1.82) is 0 Å². The minimum Gasteiger partial charge on any atom is -0.481 e. The van der Waals surface area contributed by atoms with Gasteiger partial charge in [-0.3, -0.25) is 24.0 Å². The molecule has 0 aliphatic heterocycles. The molecule has 4 amide bonds. The number of nitrogens with two attached hydrogens (primary N) is 3. The summed E-state index contributed by atoms with van der Waals surface area (Å²) in [6, 6.07) is -5.47. The van der Waals surface area contributed by atoms with Crippen molar-refractivity contribution in [2.45, 2.75) is 56.3 Å². The Kier molecular flexibility index (Phi) is 13.6. The number of hydrogen-bond donors (Lipinski definition) is 9. The van der Waals surface area contributed by atoms with Crippen molar-refractivity contribution >= 4 is 48.2 Å². The summed E-state index contributed by atoms with van der Waals surface area (Å²) in [6.07, 6.45) is -0.304. The molecule has 0 aromatic heterocycles. The first kappa shape index (κ1) is 29.1. The minimum absolute atomic E-state index is 0.0868. The van der Waals surface area contributed by atoms with Gasteiger partial charge >= 0.3 is 11.9 Å². The number of aliphatic carboxylic acids is 2. The zero-order chi connectivity index (χ0) is 24.8. The van der Waals surface area contributed by atoms with Gasteiger partial charge < -0.3 is 43.4 Å². The summed E-state index contributed by atoms with van der Waals surface area (Å²) in [5, 5.41) is 24.6. The third-order valence-corrected chi connectivity index (χ3v) is 4.51. The van der Waals surface area contributed by atoms with Gasteiger partial charge in [0.1, 0.15) is 18.1 Å². The summed E-state index contributed by atoms with van der Waals surface area (Å²) >= 11 is 3.97. The molecule has 14 nitrogen and oxygen atoms in total. The summed E-state index contributed by atoms with van der Waals surface area (Å²) in [7, 11) is 0. The second kappa shape index (κ2) is 15.0. The molecule has 0 bridgehead atoms. The van der Waals surface area contributed by atoms with Gasteiger partial charge in [-0.25, -0.2) is 4.79 Å². The summed E-state index contributed by atoms with van der Waals surface area (Å²) < 4.78 is 0. The molecule has 0 heterocycles. The van der Waals surface area contributed by atoms with Gasteiger partial charge in [0, 0.05) is 5.75 Å². The number of carbonyl (C=O) groups excluding carboxylic acids is 4. The molecular weight excluding hydrogens is 448 g/mol. The van der Waals surface area contributed by atoms with Crippen LogP contribution in [0.25, 0.3) is 0 Å². The van der Waals surface area contributed by atoms with Crippen LogP contribution in [0, 0.1) is 0 Å². The Hall–Kier alpha value is -2.91. The molecule has 0 rings (SSSR count). The number of amides is 4. The van der Waals surface area contributed by atoms with Gasteiger partial charge in [-0.2, -0.15) is 12.6 Å². The largest absolute Gasteiger partial charge is 0.481 e. The highest BCUT2D eigenvalue weighted by atomic mass is 32.1. The Morgan fingerprint density at radius 3 is 1.81 bits per heavy atom. The molecule has 0 saturated carbocycles. The fourth-order valence-electron chi connectivity index (χ4n) is 2.46. The molecule has 11 N–H and O–H groups in total. The third-order valence-electron chi connectivity index (χ3n) is 4.15.